The van der Waals surface area contributed by atoms with Gasteiger partial charge in [-0.1, -0.05) is 23.8 Å². The van der Waals surface area contributed by atoms with E-state index in [4.69, 9.17) is 0 Å². The number of aliphatic hydroxyl groups is 1. The molecule has 2 N–H and O–H groups in total. The molecule has 1 aliphatic rings. The number of benzene rings is 2. The van der Waals surface area contributed by atoms with Gasteiger partial charge < -0.3 is 10.2 Å². The van der Waals surface area contributed by atoms with Crippen molar-refractivity contribution in [3.8, 4) is 0 Å². The van der Waals surface area contributed by atoms with Crippen molar-refractivity contribution in [2.24, 2.45) is 0 Å². The number of carboxylic acids is 1. The Hall–Kier alpha value is -2.31. The molecule has 136 valence electrons. The molecule has 6 heteroatoms. The molecule has 0 radical (unpaired) electrons. The number of carboxylic acid groups (broad SMARTS) is 1. The number of rotatable bonds is 5. The summed E-state index contributed by atoms with van der Waals surface area (Å²) < 4.78 is 25.2. The quantitative estimate of drug-likeness (QED) is 0.838. The van der Waals surface area contributed by atoms with Crippen LogP contribution in [0.5, 0.6) is 0 Å². The fourth-order valence-corrected chi connectivity index (χ4v) is 4.06. The van der Waals surface area contributed by atoms with Gasteiger partial charge >= 0.3 is 5.97 Å². The van der Waals surface area contributed by atoms with E-state index in [9.17, 15) is 23.6 Å². The fraction of sp³-hybridized carbons (Fsp3) is 0.250. The van der Waals surface area contributed by atoms with Gasteiger partial charge in [-0.2, -0.15) is 0 Å². The summed E-state index contributed by atoms with van der Waals surface area (Å²) in [5, 5.41) is 20.1. The highest BCUT2D eigenvalue weighted by Gasteiger charge is 2.35. The molecule has 0 heterocycles. The lowest BCUT2D eigenvalue weighted by molar-refractivity contribution is -0.135. The Morgan fingerprint density at radius 3 is 2.46 bits per heavy atom. The predicted molar refractivity (Wildman–Crippen MR) is 97.7 cm³/mol. The van der Waals surface area contributed by atoms with E-state index < -0.39 is 34.6 Å². The molecule has 4 nitrogen and oxygen atoms in total. The second kappa shape index (κ2) is 7.13. The maximum absolute atomic E-state index is 13.7. The summed E-state index contributed by atoms with van der Waals surface area (Å²) in [6, 6.07) is 11.1. The normalized spacial score (nSPS) is 18.5. The zero-order valence-electron chi connectivity index (χ0n) is 14.4. The molecular formula is C20H19FO4S. The van der Waals surface area contributed by atoms with Crippen LogP contribution in [0.1, 0.15) is 42.1 Å². The molecule has 0 aromatic heterocycles. The Morgan fingerprint density at radius 2 is 1.88 bits per heavy atom. The van der Waals surface area contributed by atoms with Crippen LogP contribution < -0.4 is 0 Å². The number of halogens is 1. The van der Waals surface area contributed by atoms with E-state index in [2.05, 4.69) is 0 Å². The largest absolute Gasteiger partial charge is 0.481 e. The van der Waals surface area contributed by atoms with Gasteiger partial charge in [0.15, 0.2) is 0 Å². The maximum Gasteiger partial charge on any atom is 0.307 e. The van der Waals surface area contributed by atoms with Crippen LogP contribution in [-0.2, 0) is 15.6 Å². The highest BCUT2D eigenvalue weighted by molar-refractivity contribution is 7.84. The standard InChI is InChI=1S/C20H19FO4S/c1-11-16(10-18(22)23)17-9-13(21)5-8-15(17)19(11)20(24)12-3-6-14(7-4-12)26(2)25/h3-9,19-20,24H,10H2,1-2H3,(H,22,23). The third-order valence-electron chi connectivity index (χ3n) is 4.82. The minimum Gasteiger partial charge on any atom is -0.481 e. The minimum atomic E-state index is -1.11. The Morgan fingerprint density at radius 1 is 1.23 bits per heavy atom. The third kappa shape index (κ3) is 3.34. The van der Waals surface area contributed by atoms with Crippen LogP contribution in [-0.4, -0.2) is 26.6 Å². The van der Waals surface area contributed by atoms with Gasteiger partial charge in [0.1, 0.15) is 5.82 Å². The first-order chi connectivity index (χ1) is 12.3. The zero-order chi connectivity index (χ0) is 19.0. The van der Waals surface area contributed by atoms with E-state index in [0.29, 0.717) is 21.6 Å². The average molecular weight is 374 g/mol. The van der Waals surface area contributed by atoms with Crippen molar-refractivity contribution in [1.29, 1.82) is 0 Å². The molecule has 2 aromatic rings. The highest BCUT2D eigenvalue weighted by Crippen LogP contribution is 2.49. The van der Waals surface area contributed by atoms with E-state index in [0.717, 1.165) is 11.1 Å². The van der Waals surface area contributed by atoms with Gasteiger partial charge in [0.05, 0.1) is 12.5 Å². The topological polar surface area (TPSA) is 74.6 Å². The van der Waals surface area contributed by atoms with Crippen molar-refractivity contribution >= 4 is 22.3 Å². The summed E-state index contributed by atoms with van der Waals surface area (Å²) in [5.41, 5.74) is 3.16. The lowest BCUT2D eigenvalue weighted by Gasteiger charge is -2.22. The van der Waals surface area contributed by atoms with Crippen LogP contribution in [0.15, 0.2) is 52.9 Å². The van der Waals surface area contributed by atoms with Gasteiger partial charge in [0.2, 0.25) is 0 Å². The van der Waals surface area contributed by atoms with Crippen LogP contribution in [0.4, 0.5) is 4.39 Å². The van der Waals surface area contributed by atoms with E-state index in [1.54, 1.807) is 43.5 Å². The van der Waals surface area contributed by atoms with E-state index in [1.165, 1.54) is 12.1 Å². The van der Waals surface area contributed by atoms with Crippen LogP contribution in [0.25, 0.3) is 5.57 Å². The van der Waals surface area contributed by atoms with Crippen LogP contribution in [0, 0.1) is 5.82 Å². The van der Waals surface area contributed by atoms with Gasteiger partial charge in [-0.3, -0.25) is 9.00 Å². The lowest BCUT2D eigenvalue weighted by Crippen LogP contribution is -2.10. The summed E-state index contributed by atoms with van der Waals surface area (Å²) >= 11 is 0. The molecular weight excluding hydrogens is 355 g/mol. The van der Waals surface area contributed by atoms with Crippen LogP contribution in [0.2, 0.25) is 0 Å². The smallest absolute Gasteiger partial charge is 0.307 e. The van der Waals surface area contributed by atoms with Gasteiger partial charge in [0, 0.05) is 27.9 Å². The molecule has 0 amide bonds. The summed E-state index contributed by atoms with van der Waals surface area (Å²) in [6.07, 6.45) is 0.446. The van der Waals surface area contributed by atoms with Crippen LogP contribution >= 0.6 is 0 Å². The summed E-state index contributed by atoms with van der Waals surface area (Å²) in [7, 11) is -1.11. The summed E-state index contributed by atoms with van der Waals surface area (Å²) in [6.45, 7) is 1.78. The molecule has 26 heavy (non-hydrogen) atoms. The van der Waals surface area contributed by atoms with Crippen molar-refractivity contribution < 1.29 is 23.6 Å². The van der Waals surface area contributed by atoms with E-state index >= 15 is 0 Å². The van der Waals surface area contributed by atoms with E-state index in [1.807, 2.05) is 0 Å². The Bertz CT molecular complexity index is 918. The number of hydrogen-bond acceptors (Lipinski definition) is 3. The van der Waals surface area contributed by atoms with Gasteiger partial charge in [-0.15, -0.1) is 0 Å². The van der Waals surface area contributed by atoms with Gasteiger partial charge in [-0.25, -0.2) is 4.39 Å². The maximum atomic E-state index is 13.7. The second-order valence-corrected chi connectivity index (χ2v) is 7.79. The molecule has 0 bridgehead atoms. The van der Waals surface area contributed by atoms with Gasteiger partial charge in [-0.05, 0) is 53.5 Å². The zero-order valence-corrected chi connectivity index (χ0v) is 15.2. The second-order valence-electron chi connectivity index (χ2n) is 6.41. The number of carbonyl (C=O) groups is 1. The first kappa shape index (κ1) is 18.5. The predicted octanol–water partition coefficient (Wildman–Crippen LogP) is 3.64. The molecule has 0 fully saturated rings. The summed E-state index contributed by atoms with van der Waals surface area (Å²) in [4.78, 5) is 11.9. The lowest BCUT2D eigenvalue weighted by atomic mass is 9.87. The van der Waals surface area contributed by atoms with Crippen molar-refractivity contribution in [2.45, 2.75) is 30.3 Å². The molecule has 0 spiro atoms. The molecule has 3 unspecified atom stereocenters. The first-order valence-electron chi connectivity index (χ1n) is 8.12. The monoisotopic (exact) mass is 374 g/mol. The SMILES string of the molecule is CC1=C(CC(=O)O)c2cc(F)ccc2C1C(O)c1ccc(S(C)=O)cc1. The van der Waals surface area contributed by atoms with E-state index in [-0.39, 0.29) is 6.42 Å². The minimum absolute atomic E-state index is 0.223. The van der Waals surface area contributed by atoms with Crippen molar-refractivity contribution in [3.05, 3.63) is 70.5 Å². The Balaban J connectivity index is 2.04. The number of aliphatic hydroxyl groups excluding tert-OH is 1. The molecule has 2 aromatic carbocycles. The van der Waals surface area contributed by atoms with Crippen molar-refractivity contribution in [1.82, 2.24) is 0 Å². The highest BCUT2D eigenvalue weighted by atomic mass is 32.2. The summed E-state index contributed by atoms with van der Waals surface area (Å²) in [5.74, 6) is -1.89. The average Bonchev–Trinajstić information content (AvgIpc) is 2.85. The molecule has 3 atom stereocenters. The number of hydrogen-bond donors (Lipinski definition) is 2. The molecule has 0 saturated heterocycles. The number of aliphatic carboxylic acids is 1. The van der Waals surface area contributed by atoms with Crippen molar-refractivity contribution in [3.63, 3.8) is 0 Å². The first-order valence-corrected chi connectivity index (χ1v) is 9.68. The Labute approximate surface area is 153 Å². The number of fused-ring (bicyclic) bond motifs is 1. The Kier molecular flexibility index (Phi) is 5.07. The molecule has 0 saturated carbocycles. The third-order valence-corrected chi connectivity index (χ3v) is 5.75. The molecule has 1 aliphatic carbocycles. The van der Waals surface area contributed by atoms with Crippen molar-refractivity contribution in [2.75, 3.05) is 6.26 Å². The van der Waals surface area contributed by atoms with Gasteiger partial charge in [0.25, 0.3) is 0 Å². The van der Waals surface area contributed by atoms with Crippen LogP contribution in [0.3, 0.4) is 0 Å². The fourth-order valence-electron chi connectivity index (χ4n) is 3.54. The molecule has 3 rings (SSSR count). The molecule has 0 aliphatic heterocycles.